The van der Waals surface area contributed by atoms with Crippen molar-refractivity contribution < 1.29 is 13.6 Å². The van der Waals surface area contributed by atoms with Crippen LogP contribution in [0.4, 0.5) is 19.6 Å². The Balaban J connectivity index is 1.52. The molecule has 6 nitrogen and oxygen atoms in total. The van der Waals surface area contributed by atoms with E-state index in [1.54, 1.807) is 30.5 Å². The van der Waals surface area contributed by atoms with Gasteiger partial charge in [-0.3, -0.25) is 4.79 Å². The van der Waals surface area contributed by atoms with E-state index in [9.17, 15) is 13.6 Å². The highest BCUT2D eigenvalue weighted by Gasteiger charge is 2.22. The van der Waals surface area contributed by atoms with E-state index in [1.807, 2.05) is 6.07 Å². The number of thiazole rings is 1. The maximum Gasteiger partial charge on any atom is 0.261 e. The predicted molar refractivity (Wildman–Crippen MR) is 134 cm³/mol. The van der Waals surface area contributed by atoms with Gasteiger partial charge in [0.05, 0.1) is 16.3 Å². The third kappa shape index (κ3) is 5.01. The second-order valence-corrected chi connectivity index (χ2v) is 9.38. The summed E-state index contributed by atoms with van der Waals surface area (Å²) >= 11 is 7.58. The van der Waals surface area contributed by atoms with E-state index in [-0.39, 0.29) is 5.28 Å². The molecule has 5 rings (SSSR count). The summed E-state index contributed by atoms with van der Waals surface area (Å²) in [4.78, 5) is 28.9. The van der Waals surface area contributed by atoms with Gasteiger partial charge in [-0.05, 0) is 61.2 Å². The zero-order chi connectivity index (χ0) is 24.4. The standard InChI is InChI=1S/C25H20ClF2N5OS/c26-24-29-11-10-19(31-24)22-21(32-25(35-22)33-12-2-1-3-13-33)15-6-4-7-16(14-15)30-23(34)20-17(27)8-5-9-18(20)28/h4-11,14H,1-3,12-13H2,(H,30,34). The van der Waals surface area contributed by atoms with Crippen molar-refractivity contribution in [2.75, 3.05) is 23.3 Å². The summed E-state index contributed by atoms with van der Waals surface area (Å²) in [6, 6.07) is 12.1. The minimum Gasteiger partial charge on any atom is -0.348 e. The molecule has 0 spiro atoms. The zero-order valence-corrected chi connectivity index (χ0v) is 20.0. The lowest BCUT2D eigenvalue weighted by Crippen LogP contribution is -2.29. The minimum atomic E-state index is -0.924. The molecular formula is C25H20ClF2N5OS. The van der Waals surface area contributed by atoms with Crippen molar-refractivity contribution in [2.24, 2.45) is 0 Å². The fraction of sp³-hybridized carbons (Fsp3) is 0.200. The number of aromatic nitrogens is 3. The van der Waals surface area contributed by atoms with Crippen LogP contribution in [0.15, 0.2) is 54.7 Å². The third-order valence-corrected chi connectivity index (χ3v) is 7.01. The first-order valence-electron chi connectivity index (χ1n) is 11.1. The molecule has 0 saturated carbocycles. The highest BCUT2D eigenvalue weighted by molar-refractivity contribution is 7.19. The van der Waals surface area contributed by atoms with Crippen molar-refractivity contribution in [3.63, 3.8) is 0 Å². The molecule has 1 amide bonds. The fourth-order valence-corrected chi connectivity index (χ4v) is 5.27. The predicted octanol–water partition coefficient (Wildman–Crippen LogP) is 6.44. The van der Waals surface area contributed by atoms with E-state index in [0.29, 0.717) is 17.1 Å². The van der Waals surface area contributed by atoms with Crippen LogP contribution in [-0.2, 0) is 0 Å². The molecular weight excluding hydrogens is 492 g/mol. The molecule has 3 heterocycles. The molecule has 0 bridgehead atoms. The summed E-state index contributed by atoms with van der Waals surface area (Å²) in [5, 5.41) is 3.60. The van der Waals surface area contributed by atoms with Gasteiger partial charge in [0.1, 0.15) is 17.2 Å². The lowest BCUT2D eigenvalue weighted by Gasteiger charge is -2.25. The summed E-state index contributed by atoms with van der Waals surface area (Å²) in [5.74, 6) is -2.72. The summed E-state index contributed by atoms with van der Waals surface area (Å²) in [6.07, 6.45) is 5.01. The van der Waals surface area contributed by atoms with Crippen LogP contribution in [0.2, 0.25) is 5.28 Å². The molecule has 1 aliphatic rings. The highest BCUT2D eigenvalue weighted by atomic mass is 35.5. The molecule has 10 heteroatoms. The van der Waals surface area contributed by atoms with Crippen molar-refractivity contribution in [1.29, 1.82) is 0 Å². The number of halogens is 3. The Morgan fingerprint density at radius 3 is 2.49 bits per heavy atom. The van der Waals surface area contributed by atoms with Gasteiger partial charge in [0.25, 0.3) is 5.91 Å². The maximum atomic E-state index is 14.1. The molecule has 1 N–H and O–H groups in total. The van der Waals surface area contributed by atoms with Crippen molar-refractivity contribution in [3.05, 3.63) is 77.2 Å². The summed E-state index contributed by atoms with van der Waals surface area (Å²) in [5.41, 5.74) is 1.80. The molecule has 2 aromatic heterocycles. The van der Waals surface area contributed by atoms with Gasteiger partial charge in [0.2, 0.25) is 5.28 Å². The summed E-state index contributed by atoms with van der Waals surface area (Å²) < 4.78 is 28.1. The Hall–Kier alpha value is -3.43. The summed E-state index contributed by atoms with van der Waals surface area (Å²) in [6.45, 7) is 1.86. The quantitative estimate of drug-likeness (QED) is 0.312. The van der Waals surface area contributed by atoms with Gasteiger partial charge in [0, 0.05) is 30.5 Å². The number of benzene rings is 2. The first-order chi connectivity index (χ1) is 17.0. The molecule has 35 heavy (non-hydrogen) atoms. The van der Waals surface area contributed by atoms with Gasteiger partial charge >= 0.3 is 0 Å². The number of hydrogen-bond donors (Lipinski definition) is 1. The van der Waals surface area contributed by atoms with E-state index in [1.165, 1.54) is 23.8 Å². The fourth-order valence-electron chi connectivity index (χ4n) is 4.01. The second kappa shape index (κ2) is 10.1. The van der Waals surface area contributed by atoms with Gasteiger partial charge < -0.3 is 10.2 Å². The Morgan fingerprint density at radius 2 is 1.74 bits per heavy atom. The maximum absolute atomic E-state index is 14.1. The topological polar surface area (TPSA) is 71.0 Å². The molecule has 0 radical (unpaired) electrons. The smallest absolute Gasteiger partial charge is 0.261 e. The van der Waals surface area contributed by atoms with E-state index < -0.39 is 23.1 Å². The highest BCUT2D eigenvalue weighted by Crippen LogP contribution is 2.41. The monoisotopic (exact) mass is 511 g/mol. The van der Waals surface area contributed by atoms with Crippen LogP contribution in [-0.4, -0.2) is 33.9 Å². The van der Waals surface area contributed by atoms with Gasteiger partial charge in [-0.25, -0.2) is 23.7 Å². The molecule has 1 fully saturated rings. The number of carbonyl (C=O) groups excluding carboxylic acids is 1. The third-order valence-electron chi connectivity index (χ3n) is 5.68. The molecule has 1 saturated heterocycles. The molecule has 0 atom stereocenters. The number of rotatable bonds is 5. The van der Waals surface area contributed by atoms with Gasteiger partial charge in [0.15, 0.2) is 5.13 Å². The molecule has 4 aromatic rings. The van der Waals surface area contributed by atoms with Crippen LogP contribution in [0.3, 0.4) is 0 Å². The average molecular weight is 512 g/mol. The van der Waals surface area contributed by atoms with Gasteiger partial charge in [-0.1, -0.05) is 29.5 Å². The Bertz CT molecular complexity index is 1370. The number of amides is 1. The minimum absolute atomic E-state index is 0.134. The molecule has 0 aliphatic carbocycles. The number of piperidine rings is 1. The van der Waals surface area contributed by atoms with E-state index in [4.69, 9.17) is 16.6 Å². The van der Waals surface area contributed by atoms with Crippen molar-refractivity contribution in [1.82, 2.24) is 15.0 Å². The normalized spacial score (nSPS) is 13.6. The lowest BCUT2D eigenvalue weighted by molar-refractivity contribution is 0.101. The first-order valence-corrected chi connectivity index (χ1v) is 12.3. The number of hydrogen-bond acceptors (Lipinski definition) is 6. The van der Waals surface area contributed by atoms with Crippen molar-refractivity contribution in [3.8, 4) is 21.8 Å². The van der Waals surface area contributed by atoms with Crippen LogP contribution in [0.25, 0.3) is 21.8 Å². The van der Waals surface area contributed by atoms with Gasteiger partial charge in [-0.2, -0.15) is 0 Å². The zero-order valence-electron chi connectivity index (χ0n) is 18.5. The van der Waals surface area contributed by atoms with E-state index >= 15 is 0 Å². The van der Waals surface area contributed by atoms with Gasteiger partial charge in [-0.15, -0.1) is 0 Å². The van der Waals surface area contributed by atoms with Crippen LogP contribution in [0.5, 0.6) is 0 Å². The number of nitrogens with zero attached hydrogens (tertiary/aromatic N) is 4. The van der Waals surface area contributed by atoms with Crippen LogP contribution in [0, 0.1) is 11.6 Å². The molecule has 178 valence electrons. The Labute approximate surface area is 209 Å². The Kier molecular flexibility index (Phi) is 6.70. The number of nitrogens with one attached hydrogen (secondary N) is 1. The molecule has 1 aliphatic heterocycles. The SMILES string of the molecule is O=C(Nc1cccc(-c2nc(N3CCCCC3)sc2-c2ccnc(Cl)n2)c1)c1c(F)cccc1F. The van der Waals surface area contributed by atoms with E-state index in [0.717, 1.165) is 53.6 Å². The lowest BCUT2D eigenvalue weighted by atomic mass is 10.1. The number of anilines is 2. The van der Waals surface area contributed by atoms with Crippen LogP contribution >= 0.6 is 22.9 Å². The largest absolute Gasteiger partial charge is 0.348 e. The first kappa shape index (κ1) is 23.3. The molecule has 0 unspecified atom stereocenters. The summed E-state index contributed by atoms with van der Waals surface area (Å²) in [7, 11) is 0. The average Bonchev–Trinajstić information content (AvgIpc) is 3.30. The van der Waals surface area contributed by atoms with Crippen LogP contribution < -0.4 is 10.2 Å². The van der Waals surface area contributed by atoms with E-state index in [2.05, 4.69) is 20.2 Å². The van der Waals surface area contributed by atoms with Crippen molar-refractivity contribution >= 4 is 39.7 Å². The number of carbonyl (C=O) groups is 1. The van der Waals surface area contributed by atoms with Crippen molar-refractivity contribution in [2.45, 2.75) is 19.3 Å². The van der Waals surface area contributed by atoms with Crippen LogP contribution in [0.1, 0.15) is 29.6 Å². The second-order valence-electron chi connectivity index (χ2n) is 8.06. The molecule has 2 aromatic carbocycles. The Morgan fingerprint density at radius 1 is 1.00 bits per heavy atom.